The Morgan fingerprint density at radius 1 is 1.10 bits per heavy atom. The predicted molar refractivity (Wildman–Crippen MR) is 129 cm³/mol. The molecule has 31 heavy (non-hydrogen) atoms. The first kappa shape index (κ1) is 26.9. The van der Waals surface area contributed by atoms with Crippen LogP contribution in [-0.2, 0) is 18.8 Å². The van der Waals surface area contributed by atoms with E-state index in [0.717, 1.165) is 5.56 Å². The van der Waals surface area contributed by atoms with Crippen LogP contribution in [-0.4, -0.2) is 32.9 Å². The van der Waals surface area contributed by atoms with Gasteiger partial charge in [-0.05, 0) is 36.5 Å². The van der Waals surface area contributed by atoms with E-state index in [1.165, 1.54) is 0 Å². The zero-order chi connectivity index (χ0) is 23.7. The maximum atomic E-state index is 13.2. The molecule has 3 atom stereocenters. The summed E-state index contributed by atoms with van der Waals surface area (Å²) in [5.74, 6) is -0.816. The third-order valence-electron chi connectivity index (χ3n) is 5.75. The summed E-state index contributed by atoms with van der Waals surface area (Å²) in [6, 6.07) is 9.03. The van der Waals surface area contributed by atoms with E-state index in [1.54, 1.807) is 19.1 Å². The third kappa shape index (κ3) is 8.46. The van der Waals surface area contributed by atoms with Crippen LogP contribution in [0.5, 0.6) is 0 Å². The van der Waals surface area contributed by atoms with E-state index in [0.29, 0.717) is 12.8 Å². The van der Waals surface area contributed by atoms with Crippen LogP contribution in [0.2, 0.25) is 18.1 Å². The first-order valence-electron chi connectivity index (χ1n) is 10.8. The highest BCUT2D eigenvalue weighted by molar-refractivity contribution is 6.74. The van der Waals surface area contributed by atoms with Crippen LogP contribution < -0.4 is 5.32 Å². The lowest BCUT2D eigenvalue weighted by Gasteiger charge is -2.39. The van der Waals surface area contributed by atoms with Crippen LogP contribution >= 0.6 is 0 Å². The average molecular weight is 446 g/mol. The molecule has 0 fully saturated rings. The van der Waals surface area contributed by atoms with Gasteiger partial charge in [-0.2, -0.15) is 0 Å². The van der Waals surface area contributed by atoms with E-state index < -0.39 is 20.5 Å². The monoisotopic (exact) mass is 445 g/mol. The van der Waals surface area contributed by atoms with Crippen molar-refractivity contribution in [2.45, 2.75) is 70.8 Å². The highest BCUT2D eigenvalue weighted by Gasteiger charge is 2.40. The first-order chi connectivity index (χ1) is 14.4. The molecule has 0 radical (unpaired) electrons. The largest absolute Gasteiger partial charge is 0.463 e. The van der Waals surface area contributed by atoms with Crippen molar-refractivity contribution in [1.82, 2.24) is 5.32 Å². The number of nitrogens with one attached hydrogen (secondary N) is 1. The van der Waals surface area contributed by atoms with Crippen LogP contribution in [0.25, 0.3) is 0 Å². The zero-order valence-corrected chi connectivity index (χ0v) is 20.9. The highest BCUT2D eigenvalue weighted by Crippen LogP contribution is 2.37. The molecule has 6 heteroatoms. The van der Waals surface area contributed by atoms with Crippen molar-refractivity contribution in [3.8, 4) is 0 Å². The van der Waals surface area contributed by atoms with Crippen LogP contribution in [0, 0.1) is 5.92 Å². The molecule has 0 heterocycles. The minimum atomic E-state index is -2.16. The van der Waals surface area contributed by atoms with Gasteiger partial charge in [-0.1, -0.05) is 70.2 Å². The van der Waals surface area contributed by atoms with E-state index >= 15 is 0 Å². The summed E-state index contributed by atoms with van der Waals surface area (Å²) in [5.41, 5.74) is 0.865. The van der Waals surface area contributed by atoms with Crippen molar-refractivity contribution in [1.29, 1.82) is 0 Å². The first-order valence-corrected chi connectivity index (χ1v) is 13.7. The Bertz CT molecular complexity index is 740. The van der Waals surface area contributed by atoms with Gasteiger partial charge < -0.3 is 14.5 Å². The molecule has 1 rings (SSSR count). The van der Waals surface area contributed by atoms with Gasteiger partial charge in [-0.25, -0.2) is 0 Å². The zero-order valence-electron chi connectivity index (χ0n) is 19.9. The Labute approximate surface area is 189 Å². The molecule has 1 unspecified atom stereocenters. The summed E-state index contributed by atoms with van der Waals surface area (Å²) in [4.78, 5) is 25.5. The van der Waals surface area contributed by atoms with Crippen molar-refractivity contribution in [3.05, 3.63) is 61.2 Å². The molecular weight excluding hydrogens is 406 g/mol. The van der Waals surface area contributed by atoms with Gasteiger partial charge in [0, 0.05) is 0 Å². The number of esters is 1. The lowest BCUT2D eigenvalue weighted by Crippen LogP contribution is -2.49. The van der Waals surface area contributed by atoms with E-state index in [4.69, 9.17) is 9.16 Å². The Balaban J connectivity index is 3.00. The highest BCUT2D eigenvalue weighted by atomic mass is 28.4. The molecule has 0 aromatic heterocycles. The van der Waals surface area contributed by atoms with Crippen LogP contribution in [0.3, 0.4) is 0 Å². The molecule has 0 saturated heterocycles. The molecule has 0 aliphatic rings. The minimum Gasteiger partial charge on any atom is -0.463 e. The minimum absolute atomic E-state index is 0.0254. The summed E-state index contributed by atoms with van der Waals surface area (Å²) >= 11 is 0. The normalized spacial score (nSPS) is 14.8. The Hall–Kier alpha value is -2.18. The number of amides is 1. The second-order valence-electron chi connectivity index (χ2n) is 9.42. The summed E-state index contributed by atoms with van der Waals surface area (Å²) in [6.07, 6.45) is 3.71. The molecule has 1 aromatic rings. The maximum Gasteiger partial charge on any atom is 0.309 e. The van der Waals surface area contributed by atoms with Crippen molar-refractivity contribution < 1.29 is 18.8 Å². The predicted octanol–water partition coefficient (Wildman–Crippen LogP) is 5.57. The molecule has 0 aliphatic heterocycles. The average Bonchev–Trinajstić information content (AvgIpc) is 2.70. The van der Waals surface area contributed by atoms with E-state index in [2.05, 4.69) is 52.3 Å². The summed E-state index contributed by atoms with van der Waals surface area (Å²) in [5, 5.41) is 3.01. The van der Waals surface area contributed by atoms with Gasteiger partial charge in [0.15, 0.2) is 8.32 Å². The molecule has 1 N–H and O–H groups in total. The van der Waals surface area contributed by atoms with E-state index in [-0.39, 0.29) is 29.4 Å². The van der Waals surface area contributed by atoms with Crippen molar-refractivity contribution in [3.63, 3.8) is 0 Å². The quantitative estimate of drug-likeness (QED) is 0.260. The van der Waals surface area contributed by atoms with Crippen molar-refractivity contribution in [2.24, 2.45) is 5.92 Å². The molecule has 5 nitrogen and oxygen atoms in total. The Kier molecular flexibility index (Phi) is 10.4. The molecule has 0 bridgehead atoms. The SMILES string of the molecule is C=CCC(C)C(=O)OC[C@H](NC(=O)[C@@H](CC=C)O[Si](C)(C)C(C)(C)C)c1ccccc1. The number of ether oxygens (including phenoxy) is 1. The van der Waals surface area contributed by atoms with Crippen LogP contribution in [0.4, 0.5) is 0 Å². The lowest BCUT2D eigenvalue weighted by molar-refractivity contribution is -0.149. The Morgan fingerprint density at radius 2 is 1.68 bits per heavy atom. The van der Waals surface area contributed by atoms with Gasteiger partial charge in [0.05, 0.1) is 12.0 Å². The standard InChI is InChI=1S/C25H39NO4Si/c1-9-14-19(3)24(28)29-18-21(20-16-12-11-13-17-20)26-23(27)22(15-10-2)30-31(7,8)25(4,5)6/h9-13,16-17,19,21-22H,1-2,14-15,18H2,3-8H3,(H,26,27)/t19?,21-,22+/m0/s1. The third-order valence-corrected chi connectivity index (χ3v) is 10.2. The number of carbonyl (C=O) groups is 2. The second-order valence-corrected chi connectivity index (χ2v) is 14.2. The van der Waals surface area contributed by atoms with Gasteiger partial charge in [0.1, 0.15) is 12.7 Å². The van der Waals surface area contributed by atoms with Crippen LogP contribution in [0.15, 0.2) is 55.6 Å². The molecule has 1 aromatic carbocycles. The number of benzene rings is 1. The fourth-order valence-electron chi connectivity index (χ4n) is 2.72. The van der Waals surface area contributed by atoms with Gasteiger partial charge in [0.25, 0.3) is 0 Å². The summed E-state index contributed by atoms with van der Waals surface area (Å²) in [6.45, 7) is 20.0. The topological polar surface area (TPSA) is 64.6 Å². The second kappa shape index (κ2) is 12.0. The van der Waals surface area contributed by atoms with Gasteiger partial charge in [0.2, 0.25) is 5.91 Å². The molecule has 0 saturated carbocycles. The number of hydrogen-bond acceptors (Lipinski definition) is 4. The van der Waals surface area contributed by atoms with Gasteiger partial charge in [-0.15, -0.1) is 13.2 Å². The number of carbonyl (C=O) groups excluding carboxylic acids is 2. The molecule has 1 amide bonds. The van der Waals surface area contributed by atoms with E-state index in [9.17, 15) is 9.59 Å². The smallest absolute Gasteiger partial charge is 0.309 e. The maximum absolute atomic E-state index is 13.2. The summed E-state index contributed by atoms with van der Waals surface area (Å²) in [7, 11) is -2.16. The number of rotatable bonds is 12. The van der Waals surface area contributed by atoms with Gasteiger partial charge in [-0.3, -0.25) is 9.59 Å². The lowest BCUT2D eigenvalue weighted by atomic mass is 10.1. The molecule has 0 spiro atoms. The number of hydrogen-bond donors (Lipinski definition) is 1. The van der Waals surface area contributed by atoms with Gasteiger partial charge >= 0.3 is 5.97 Å². The Morgan fingerprint density at radius 3 is 2.19 bits per heavy atom. The molecule has 172 valence electrons. The van der Waals surface area contributed by atoms with Crippen molar-refractivity contribution >= 4 is 20.2 Å². The molecular formula is C25H39NO4Si. The summed E-state index contributed by atoms with van der Waals surface area (Å²) < 4.78 is 11.9. The van der Waals surface area contributed by atoms with Crippen LogP contribution in [0.1, 0.15) is 52.1 Å². The fraction of sp³-hybridized carbons (Fsp3) is 0.520. The van der Waals surface area contributed by atoms with Crippen molar-refractivity contribution in [2.75, 3.05) is 6.61 Å². The van der Waals surface area contributed by atoms with E-state index in [1.807, 2.05) is 30.3 Å². The fourth-order valence-corrected chi connectivity index (χ4v) is 3.99. The number of allylic oxidation sites excluding steroid dienone is 1. The molecule has 0 aliphatic carbocycles.